The Kier molecular flexibility index (Phi) is 6.33. The van der Waals surface area contributed by atoms with Crippen molar-refractivity contribution in [3.63, 3.8) is 0 Å². The molecule has 2 rings (SSSR count). The topological polar surface area (TPSA) is 29.1 Å². The molecule has 21 heavy (non-hydrogen) atoms. The van der Waals surface area contributed by atoms with E-state index >= 15 is 0 Å². The lowest BCUT2D eigenvalue weighted by Crippen LogP contribution is -2.27. The molecule has 0 unspecified atom stereocenters. The van der Waals surface area contributed by atoms with Crippen molar-refractivity contribution in [2.45, 2.75) is 18.2 Å². The quantitative estimate of drug-likeness (QED) is 0.778. The second kappa shape index (κ2) is 8.25. The summed E-state index contributed by atoms with van der Waals surface area (Å²) in [5, 5.41) is 2.97. The SMILES string of the molecule is Cc1ccccc1CCNC(=O)CSc1ccc(Br)cc1. The van der Waals surface area contributed by atoms with Gasteiger partial charge in [0.25, 0.3) is 0 Å². The fraction of sp³-hybridized carbons (Fsp3) is 0.235. The number of thioether (sulfide) groups is 1. The first-order chi connectivity index (χ1) is 10.1. The minimum absolute atomic E-state index is 0.0801. The van der Waals surface area contributed by atoms with Gasteiger partial charge in [-0.15, -0.1) is 11.8 Å². The lowest BCUT2D eigenvalue weighted by Gasteiger charge is -2.07. The molecule has 110 valence electrons. The molecule has 2 aromatic carbocycles. The van der Waals surface area contributed by atoms with Crippen molar-refractivity contribution in [1.82, 2.24) is 5.32 Å². The smallest absolute Gasteiger partial charge is 0.230 e. The standard InChI is InChI=1S/C17H18BrNOS/c1-13-4-2-3-5-14(13)10-11-19-17(20)12-21-16-8-6-15(18)7-9-16/h2-9H,10-12H2,1H3,(H,19,20). The summed E-state index contributed by atoms with van der Waals surface area (Å²) in [5.74, 6) is 0.534. The molecular formula is C17H18BrNOS. The van der Waals surface area contributed by atoms with Crippen molar-refractivity contribution in [2.75, 3.05) is 12.3 Å². The molecule has 2 aromatic rings. The maximum Gasteiger partial charge on any atom is 0.230 e. The van der Waals surface area contributed by atoms with Gasteiger partial charge in [0, 0.05) is 15.9 Å². The Hall–Kier alpha value is -1.26. The molecule has 0 aliphatic heterocycles. The fourth-order valence-electron chi connectivity index (χ4n) is 1.96. The maximum absolute atomic E-state index is 11.8. The summed E-state index contributed by atoms with van der Waals surface area (Å²) in [6.07, 6.45) is 0.876. The number of carbonyl (C=O) groups excluding carboxylic acids is 1. The third-order valence-corrected chi connectivity index (χ3v) is 4.70. The predicted octanol–water partition coefficient (Wildman–Crippen LogP) is 4.21. The maximum atomic E-state index is 11.8. The molecule has 0 bridgehead atoms. The van der Waals surface area contributed by atoms with E-state index in [9.17, 15) is 4.79 Å². The van der Waals surface area contributed by atoms with Crippen molar-refractivity contribution in [2.24, 2.45) is 0 Å². The molecule has 0 radical (unpaired) electrons. The van der Waals surface area contributed by atoms with Gasteiger partial charge in [-0.2, -0.15) is 0 Å². The molecule has 0 spiro atoms. The first-order valence-corrected chi connectivity index (χ1v) is 8.62. The van der Waals surface area contributed by atoms with Gasteiger partial charge in [0.05, 0.1) is 5.75 Å². The minimum Gasteiger partial charge on any atom is -0.355 e. The van der Waals surface area contributed by atoms with Crippen LogP contribution < -0.4 is 5.32 Å². The summed E-state index contributed by atoms with van der Waals surface area (Å²) < 4.78 is 1.05. The second-order valence-electron chi connectivity index (χ2n) is 4.77. The highest BCUT2D eigenvalue weighted by Gasteiger charge is 2.03. The molecule has 0 saturated carbocycles. The average Bonchev–Trinajstić information content (AvgIpc) is 2.49. The minimum atomic E-state index is 0.0801. The number of benzene rings is 2. The van der Waals surface area contributed by atoms with Gasteiger partial charge < -0.3 is 5.32 Å². The number of nitrogens with one attached hydrogen (secondary N) is 1. The molecule has 0 heterocycles. The molecule has 0 aromatic heterocycles. The highest BCUT2D eigenvalue weighted by molar-refractivity contribution is 9.10. The van der Waals surface area contributed by atoms with Gasteiger partial charge in [0.1, 0.15) is 0 Å². The number of amides is 1. The van der Waals surface area contributed by atoms with E-state index in [4.69, 9.17) is 0 Å². The van der Waals surface area contributed by atoms with E-state index in [1.165, 1.54) is 11.1 Å². The summed E-state index contributed by atoms with van der Waals surface area (Å²) in [5.41, 5.74) is 2.56. The van der Waals surface area contributed by atoms with Gasteiger partial charge in [-0.1, -0.05) is 40.2 Å². The number of rotatable bonds is 6. The van der Waals surface area contributed by atoms with Crippen LogP contribution in [-0.2, 0) is 11.2 Å². The van der Waals surface area contributed by atoms with Crippen LogP contribution in [0, 0.1) is 6.92 Å². The Morgan fingerprint density at radius 2 is 1.86 bits per heavy atom. The molecule has 4 heteroatoms. The van der Waals surface area contributed by atoms with Crippen molar-refractivity contribution >= 4 is 33.6 Å². The number of aryl methyl sites for hydroxylation is 1. The molecule has 1 amide bonds. The lowest BCUT2D eigenvalue weighted by molar-refractivity contribution is -0.118. The van der Waals surface area contributed by atoms with E-state index in [0.29, 0.717) is 12.3 Å². The second-order valence-corrected chi connectivity index (χ2v) is 6.73. The number of hydrogen-bond acceptors (Lipinski definition) is 2. The van der Waals surface area contributed by atoms with Crippen LogP contribution in [0.4, 0.5) is 0 Å². The summed E-state index contributed by atoms with van der Waals surface area (Å²) in [4.78, 5) is 12.9. The van der Waals surface area contributed by atoms with Gasteiger partial charge in [0.15, 0.2) is 0 Å². The van der Waals surface area contributed by atoms with Gasteiger partial charge in [-0.05, 0) is 48.7 Å². The van der Waals surface area contributed by atoms with E-state index in [0.717, 1.165) is 15.8 Å². The molecule has 0 aliphatic rings. The zero-order valence-electron chi connectivity index (χ0n) is 11.9. The van der Waals surface area contributed by atoms with E-state index in [2.05, 4.69) is 40.3 Å². The number of halogens is 1. The largest absolute Gasteiger partial charge is 0.355 e. The Bertz CT molecular complexity index is 598. The Morgan fingerprint density at radius 3 is 2.57 bits per heavy atom. The van der Waals surface area contributed by atoms with Crippen molar-refractivity contribution < 1.29 is 4.79 Å². The Balaban J connectivity index is 1.70. The highest BCUT2D eigenvalue weighted by Crippen LogP contribution is 2.20. The summed E-state index contributed by atoms with van der Waals surface area (Å²) in [6.45, 7) is 2.78. The van der Waals surface area contributed by atoms with E-state index < -0.39 is 0 Å². The van der Waals surface area contributed by atoms with Crippen molar-refractivity contribution in [3.8, 4) is 0 Å². The van der Waals surface area contributed by atoms with Crippen LogP contribution in [-0.4, -0.2) is 18.2 Å². The van der Waals surface area contributed by atoms with Crippen LogP contribution in [0.1, 0.15) is 11.1 Å². The van der Waals surface area contributed by atoms with Crippen LogP contribution in [0.5, 0.6) is 0 Å². The van der Waals surface area contributed by atoms with Crippen LogP contribution in [0.15, 0.2) is 57.9 Å². The van der Waals surface area contributed by atoms with Crippen molar-refractivity contribution in [1.29, 1.82) is 0 Å². The number of carbonyl (C=O) groups is 1. The summed E-state index contributed by atoms with van der Waals surface area (Å²) in [6, 6.07) is 16.3. The summed E-state index contributed by atoms with van der Waals surface area (Å²) >= 11 is 4.95. The molecular weight excluding hydrogens is 346 g/mol. The van der Waals surface area contributed by atoms with Crippen molar-refractivity contribution in [3.05, 3.63) is 64.1 Å². The third-order valence-electron chi connectivity index (χ3n) is 3.16. The Morgan fingerprint density at radius 1 is 1.14 bits per heavy atom. The lowest BCUT2D eigenvalue weighted by atomic mass is 10.1. The first-order valence-electron chi connectivity index (χ1n) is 6.85. The molecule has 0 atom stereocenters. The van der Waals surface area contributed by atoms with Gasteiger partial charge in [-0.25, -0.2) is 0 Å². The first kappa shape index (κ1) is 16.1. The molecule has 0 saturated heterocycles. The summed E-state index contributed by atoms with van der Waals surface area (Å²) in [7, 11) is 0. The zero-order chi connectivity index (χ0) is 15.1. The van der Waals surface area contributed by atoms with Crippen LogP contribution in [0.3, 0.4) is 0 Å². The Labute approximate surface area is 138 Å². The van der Waals surface area contributed by atoms with Gasteiger partial charge in [-0.3, -0.25) is 4.79 Å². The monoisotopic (exact) mass is 363 g/mol. The van der Waals surface area contributed by atoms with Crippen LogP contribution in [0.2, 0.25) is 0 Å². The zero-order valence-corrected chi connectivity index (χ0v) is 14.3. The van der Waals surface area contributed by atoms with Gasteiger partial charge >= 0.3 is 0 Å². The normalized spacial score (nSPS) is 10.4. The molecule has 0 aliphatic carbocycles. The highest BCUT2D eigenvalue weighted by atomic mass is 79.9. The molecule has 2 nitrogen and oxygen atoms in total. The van der Waals surface area contributed by atoms with Crippen LogP contribution in [0.25, 0.3) is 0 Å². The molecule has 0 fully saturated rings. The van der Waals surface area contributed by atoms with E-state index in [1.54, 1.807) is 11.8 Å². The fourth-order valence-corrected chi connectivity index (χ4v) is 2.95. The molecule has 1 N–H and O–H groups in total. The van der Waals surface area contributed by atoms with Crippen LogP contribution >= 0.6 is 27.7 Å². The average molecular weight is 364 g/mol. The van der Waals surface area contributed by atoms with E-state index in [-0.39, 0.29) is 5.91 Å². The third kappa shape index (κ3) is 5.56. The predicted molar refractivity (Wildman–Crippen MR) is 92.8 cm³/mol. The van der Waals surface area contributed by atoms with E-state index in [1.807, 2.05) is 36.4 Å². The number of hydrogen-bond donors (Lipinski definition) is 1. The van der Waals surface area contributed by atoms with Gasteiger partial charge in [0.2, 0.25) is 5.91 Å².